The molecule has 1 aromatic carbocycles. The van der Waals surface area contributed by atoms with Gasteiger partial charge in [-0.2, -0.15) is 0 Å². The van der Waals surface area contributed by atoms with Gasteiger partial charge in [0.05, 0.1) is 18.0 Å². The Hall–Kier alpha value is -2.51. The van der Waals surface area contributed by atoms with Gasteiger partial charge in [0, 0.05) is 6.54 Å². The number of rotatable bonds is 6. The Morgan fingerprint density at radius 2 is 2.04 bits per heavy atom. The molecule has 2 heterocycles. The number of carbonyl (C=O) groups excluding carboxylic acids is 1. The molecule has 7 heteroatoms. The van der Waals surface area contributed by atoms with Gasteiger partial charge >= 0.3 is 5.97 Å². The molecule has 3 rings (SSSR count). The maximum atomic E-state index is 12.6. The number of ether oxygens (including phenoxy) is 1. The zero-order chi connectivity index (χ0) is 19.6. The maximum Gasteiger partial charge on any atom is 0.348 e. The lowest BCUT2D eigenvalue weighted by molar-refractivity contribution is 0.0531. The highest BCUT2D eigenvalue weighted by molar-refractivity contribution is 7.20. The fraction of sp³-hybridized carbons (Fsp3) is 0.350. The molecule has 0 bridgehead atoms. The molecule has 0 fully saturated rings. The number of aromatic nitrogens is 2. The van der Waals surface area contributed by atoms with Crippen molar-refractivity contribution in [3.63, 3.8) is 0 Å². The first-order chi connectivity index (χ1) is 12.9. The Morgan fingerprint density at radius 3 is 2.70 bits per heavy atom. The molecule has 142 valence electrons. The maximum absolute atomic E-state index is 12.6. The quantitative estimate of drug-likeness (QED) is 0.656. The molecular weight excluding hydrogens is 362 g/mol. The van der Waals surface area contributed by atoms with Gasteiger partial charge in [0.15, 0.2) is 0 Å². The lowest BCUT2D eigenvalue weighted by atomic mass is 10.2. The van der Waals surface area contributed by atoms with Crippen LogP contribution in [0.15, 0.2) is 35.1 Å². The molecule has 0 aliphatic heterocycles. The zero-order valence-electron chi connectivity index (χ0n) is 15.9. The Kier molecular flexibility index (Phi) is 5.72. The number of nitrogens with one attached hydrogen (secondary N) is 1. The van der Waals surface area contributed by atoms with Crippen molar-refractivity contribution in [1.82, 2.24) is 14.9 Å². The van der Waals surface area contributed by atoms with Crippen LogP contribution in [0.3, 0.4) is 0 Å². The first-order valence-corrected chi connectivity index (χ1v) is 9.68. The molecule has 27 heavy (non-hydrogen) atoms. The van der Waals surface area contributed by atoms with Gasteiger partial charge in [-0.15, -0.1) is 11.3 Å². The zero-order valence-corrected chi connectivity index (χ0v) is 16.7. The standard InChI is InChI=1S/C20H23N3O3S/c1-5-26-20(25)16-12(2)15-18(24)21-17(22-19(15)27-16)13(3)23(4)11-14-9-7-6-8-10-14/h6-10,13H,5,11H2,1-4H3,(H,21,22,24)/t13-/m1/s1. The minimum Gasteiger partial charge on any atom is -0.462 e. The molecule has 3 aromatic rings. The number of hydrogen-bond donors (Lipinski definition) is 1. The van der Waals surface area contributed by atoms with Crippen LogP contribution in [0.5, 0.6) is 0 Å². The first-order valence-electron chi connectivity index (χ1n) is 8.87. The average molecular weight is 385 g/mol. The summed E-state index contributed by atoms with van der Waals surface area (Å²) in [5.41, 5.74) is 1.59. The van der Waals surface area contributed by atoms with Gasteiger partial charge in [-0.05, 0) is 38.9 Å². The lowest BCUT2D eigenvalue weighted by Gasteiger charge is -2.23. The predicted molar refractivity (Wildman–Crippen MR) is 107 cm³/mol. The summed E-state index contributed by atoms with van der Waals surface area (Å²) in [4.78, 5) is 35.4. The van der Waals surface area contributed by atoms with E-state index in [2.05, 4.69) is 27.0 Å². The summed E-state index contributed by atoms with van der Waals surface area (Å²) in [6.45, 7) is 6.55. The number of H-pyrrole nitrogens is 1. The normalized spacial score (nSPS) is 12.5. The number of nitrogens with zero attached hydrogens (tertiary/aromatic N) is 2. The van der Waals surface area contributed by atoms with Crippen LogP contribution < -0.4 is 5.56 Å². The smallest absolute Gasteiger partial charge is 0.348 e. The SMILES string of the molecule is CCOC(=O)c1sc2nc([C@@H](C)N(C)Cc3ccccc3)[nH]c(=O)c2c1C. The van der Waals surface area contributed by atoms with Crippen molar-refractivity contribution >= 4 is 27.5 Å². The van der Waals surface area contributed by atoms with E-state index in [0.29, 0.717) is 33.1 Å². The highest BCUT2D eigenvalue weighted by Crippen LogP contribution is 2.29. The third kappa shape index (κ3) is 3.94. The van der Waals surface area contributed by atoms with Crippen LogP contribution >= 0.6 is 11.3 Å². The highest BCUT2D eigenvalue weighted by atomic mass is 32.1. The Labute approximate surface area is 161 Å². The van der Waals surface area contributed by atoms with Crippen molar-refractivity contribution in [3.05, 3.63) is 62.5 Å². The molecule has 0 unspecified atom stereocenters. The van der Waals surface area contributed by atoms with Gasteiger partial charge in [0.25, 0.3) is 5.56 Å². The summed E-state index contributed by atoms with van der Waals surface area (Å²) in [5.74, 6) is 0.177. The van der Waals surface area contributed by atoms with Gasteiger partial charge in [-0.25, -0.2) is 9.78 Å². The number of fused-ring (bicyclic) bond motifs is 1. The summed E-state index contributed by atoms with van der Waals surface area (Å²) >= 11 is 1.21. The largest absolute Gasteiger partial charge is 0.462 e. The van der Waals surface area contributed by atoms with Crippen molar-refractivity contribution in [2.24, 2.45) is 0 Å². The van der Waals surface area contributed by atoms with Gasteiger partial charge in [-0.1, -0.05) is 30.3 Å². The first kappa shape index (κ1) is 19.3. The summed E-state index contributed by atoms with van der Waals surface area (Å²) in [6.07, 6.45) is 0. The molecule has 0 radical (unpaired) electrons. The van der Waals surface area contributed by atoms with Crippen LogP contribution in [-0.4, -0.2) is 34.5 Å². The number of thiophene rings is 1. The lowest BCUT2D eigenvalue weighted by Crippen LogP contribution is -2.25. The molecule has 0 aliphatic rings. The number of hydrogen-bond acceptors (Lipinski definition) is 6. The molecule has 1 atom stereocenters. The monoisotopic (exact) mass is 385 g/mol. The van der Waals surface area contributed by atoms with E-state index in [1.807, 2.05) is 32.2 Å². The van der Waals surface area contributed by atoms with Gasteiger partial charge in [0.2, 0.25) is 0 Å². The fourth-order valence-electron chi connectivity index (χ4n) is 2.97. The van der Waals surface area contributed by atoms with Crippen LogP contribution in [0.2, 0.25) is 0 Å². The number of benzene rings is 1. The second-order valence-electron chi connectivity index (χ2n) is 6.48. The van der Waals surface area contributed by atoms with E-state index >= 15 is 0 Å². The predicted octanol–water partition coefficient (Wildman–Crippen LogP) is 3.66. The Bertz CT molecular complexity index is 1010. The molecule has 0 saturated heterocycles. The van der Waals surface area contributed by atoms with E-state index in [9.17, 15) is 9.59 Å². The number of aromatic amines is 1. The van der Waals surface area contributed by atoms with Crippen LogP contribution in [0.25, 0.3) is 10.2 Å². The van der Waals surface area contributed by atoms with E-state index in [1.165, 1.54) is 16.9 Å². The number of esters is 1. The molecule has 6 nitrogen and oxygen atoms in total. The summed E-state index contributed by atoms with van der Waals surface area (Å²) < 4.78 is 5.08. The molecule has 2 aromatic heterocycles. The third-order valence-electron chi connectivity index (χ3n) is 4.61. The van der Waals surface area contributed by atoms with Crippen molar-refractivity contribution in [2.75, 3.05) is 13.7 Å². The molecule has 0 saturated carbocycles. The number of carbonyl (C=O) groups is 1. The fourth-order valence-corrected chi connectivity index (χ4v) is 4.05. The van der Waals surface area contributed by atoms with Crippen LogP contribution in [-0.2, 0) is 11.3 Å². The average Bonchev–Trinajstić information content (AvgIpc) is 2.99. The van der Waals surface area contributed by atoms with E-state index < -0.39 is 5.97 Å². The van der Waals surface area contributed by atoms with Gasteiger partial charge in [0.1, 0.15) is 15.5 Å². The van der Waals surface area contributed by atoms with Crippen molar-refractivity contribution < 1.29 is 9.53 Å². The van der Waals surface area contributed by atoms with Crippen molar-refractivity contribution in [3.8, 4) is 0 Å². The third-order valence-corrected chi connectivity index (χ3v) is 5.78. The molecule has 0 amide bonds. The summed E-state index contributed by atoms with van der Waals surface area (Å²) in [6, 6.07) is 10.0. The molecule has 0 aliphatic carbocycles. The van der Waals surface area contributed by atoms with E-state index in [-0.39, 0.29) is 11.6 Å². The van der Waals surface area contributed by atoms with Gasteiger partial charge < -0.3 is 9.72 Å². The second kappa shape index (κ2) is 8.02. The van der Waals surface area contributed by atoms with Crippen molar-refractivity contribution in [1.29, 1.82) is 0 Å². The second-order valence-corrected chi connectivity index (χ2v) is 7.48. The molecule has 0 spiro atoms. The Morgan fingerprint density at radius 1 is 1.33 bits per heavy atom. The highest BCUT2D eigenvalue weighted by Gasteiger charge is 2.22. The molecule has 1 N–H and O–H groups in total. The van der Waals surface area contributed by atoms with Gasteiger partial charge in [-0.3, -0.25) is 9.69 Å². The van der Waals surface area contributed by atoms with Crippen LogP contribution in [0, 0.1) is 6.92 Å². The van der Waals surface area contributed by atoms with Crippen LogP contribution in [0.4, 0.5) is 0 Å². The van der Waals surface area contributed by atoms with E-state index in [4.69, 9.17) is 4.74 Å². The molecular formula is C20H23N3O3S. The van der Waals surface area contributed by atoms with Crippen molar-refractivity contribution in [2.45, 2.75) is 33.4 Å². The van der Waals surface area contributed by atoms with Crippen LogP contribution in [0.1, 0.15) is 46.5 Å². The van der Waals surface area contributed by atoms with E-state index in [1.54, 1.807) is 13.8 Å². The number of aryl methyl sites for hydroxylation is 1. The minimum atomic E-state index is -0.409. The topological polar surface area (TPSA) is 75.3 Å². The Balaban J connectivity index is 1.93. The summed E-state index contributed by atoms with van der Waals surface area (Å²) in [7, 11) is 1.99. The minimum absolute atomic E-state index is 0.0873. The summed E-state index contributed by atoms with van der Waals surface area (Å²) in [5, 5.41) is 0.463. The van der Waals surface area contributed by atoms with E-state index in [0.717, 1.165) is 6.54 Å².